The van der Waals surface area contributed by atoms with Crippen LogP contribution in [0.15, 0.2) is 15.8 Å². The number of H-pyrrole nitrogens is 1. The molecule has 140 valence electrons. The van der Waals surface area contributed by atoms with Crippen molar-refractivity contribution in [3.8, 4) is 11.8 Å². The average molecular weight is 352 g/mol. The van der Waals surface area contributed by atoms with Gasteiger partial charge in [0.05, 0.1) is 13.2 Å². The third kappa shape index (κ3) is 8.16. The van der Waals surface area contributed by atoms with Crippen LogP contribution in [0.25, 0.3) is 0 Å². The number of aliphatic hydroxyl groups excluding tert-OH is 2. The van der Waals surface area contributed by atoms with Gasteiger partial charge in [0, 0.05) is 12.6 Å². The second kappa shape index (κ2) is 12.5. The molecule has 0 amide bonds. The van der Waals surface area contributed by atoms with Gasteiger partial charge in [-0.25, -0.2) is 4.79 Å². The van der Waals surface area contributed by atoms with Crippen molar-refractivity contribution in [2.24, 2.45) is 0 Å². The summed E-state index contributed by atoms with van der Waals surface area (Å²) in [4.78, 5) is 25.7. The number of nitrogens with one attached hydrogen (secondary N) is 1. The Morgan fingerprint density at radius 3 is 2.52 bits per heavy atom. The first-order chi connectivity index (χ1) is 12.1. The lowest BCUT2D eigenvalue weighted by Crippen LogP contribution is -2.33. The highest BCUT2D eigenvalue weighted by Gasteiger charge is 2.08. The van der Waals surface area contributed by atoms with Crippen LogP contribution >= 0.6 is 0 Å². The average Bonchev–Trinajstić information content (AvgIpc) is 2.61. The first-order valence-corrected chi connectivity index (χ1v) is 8.78. The Bertz CT molecular complexity index is 665. The van der Waals surface area contributed by atoms with Gasteiger partial charge >= 0.3 is 5.69 Å². The zero-order valence-electron chi connectivity index (χ0n) is 14.8. The summed E-state index contributed by atoms with van der Waals surface area (Å²) >= 11 is 0. The monoisotopic (exact) mass is 352 g/mol. The number of nitrogens with zero attached hydrogens (tertiary/aromatic N) is 1. The third-order valence-electron chi connectivity index (χ3n) is 3.75. The van der Waals surface area contributed by atoms with Crippen LogP contribution in [0.2, 0.25) is 0 Å². The molecule has 0 atom stereocenters. The van der Waals surface area contributed by atoms with E-state index in [2.05, 4.69) is 23.7 Å². The van der Waals surface area contributed by atoms with E-state index in [1.165, 1.54) is 31.9 Å². The Kier molecular flexibility index (Phi) is 10.6. The van der Waals surface area contributed by atoms with Crippen LogP contribution in [0, 0.1) is 11.8 Å². The van der Waals surface area contributed by atoms with Gasteiger partial charge in [-0.15, -0.1) is 0 Å². The van der Waals surface area contributed by atoms with E-state index in [0.717, 1.165) is 17.4 Å². The number of aromatic nitrogens is 2. The number of aliphatic hydroxyl groups is 2. The van der Waals surface area contributed by atoms with Crippen molar-refractivity contribution < 1.29 is 14.9 Å². The number of unbranched alkanes of at least 4 members (excludes halogenated alkanes) is 6. The maximum absolute atomic E-state index is 11.8. The van der Waals surface area contributed by atoms with Crippen molar-refractivity contribution in [3.05, 3.63) is 32.6 Å². The molecule has 0 aromatic carbocycles. The van der Waals surface area contributed by atoms with Crippen molar-refractivity contribution in [1.29, 1.82) is 0 Å². The van der Waals surface area contributed by atoms with Crippen molar-refractivity contribution in [2.75, 3.05) is 13.2 Å². The van der Waals surface area contributed by atoms with E-state index in [9.17, 15) is 9.59 Å². The summed E-state index contributed by atoms with van der Waals surface area (Å²) in [6.07, 6.45) is 8.32. The first-order valence-electron chi connectivity index (χ1n) is 8.78. The quantitative estimate of drug-likeness (QED) is 0.406. The molecule has 0 fully saturated rings. The molecule has 0 aliphatic heterocycles. The van der Waals surface area contributed by atoms with E-state index in [1.807, 2.05) is 0 Å². The maximum atomic E-state index is 11.8. The lowest BCUT2D eigenvalue weighted by molar-refractivity contribution is -0.0513. The second-order valence-electron chi connectivity index (χ2n) is 5.87. The Morgan fingerprint density at radius 2 is 1.84 bits per heavy atom. The zero-order chi connectivity index (χ0) is 18.5. The van der Waals surface area contributed by atoms with Crippen molar-refractivity contribution >= 4 is 0 Å². The molecule has 0 unspecified atom stereocenters. The molecule has 0 radical (unpaired) electrons. The fourth-order valence-corrected chi connectivity index (χ4v) is 2.19. The van der Waals surface area contributed by atoms with Gasteiger partial charge in [-0.2, -0.15) is 0 Å². The fraction of sp³-hybridized carbons (Fsp3) is 0.667. The third-order valence-corrected chi connectivity index (χ3v) is 3.75. The minimum atomic E-state index is -0.777. The lowest BCUT2D eigenvalue weighted by Gasteiger charge is -2.13. The summed E-state index contributed by atoms with van der Waals surface area (Å²) in [5.74, 6) is 5.75. The van der Waals surface area contributed by atoms with Crippen LogP contribution in [-0.4, -0.2) is 39.1 Å². The van der Waals surface area contributed by atoms with Gasteiger partial charge in [0.15, 0.2) is 0 Å². The van der Waals surface area contributed by atoms with E-state index in [0.29, 0.717) is 6.42 Å². The Labute approximate surface area is 147 Å². The van der Waals surface area contributed by atoms with Gasteiger partial charge in [0.1, 0.15) is 18.4 Å². The highest BCUT2D eigenvalue weighted by molar-refractivity contribution is 5.29. The summed E-state index contributed by atoms with van der Waals surface area (Å²) in [6, 6.07) is 0. The Hall–Kier alpha value is -1.88. The zero-order valence-corrected chi connectivity index (χ0v) is 14.8. The van der Waals surface area contributed by atoms with Crippen LogP contribution in [0.4, 0.5) is 0 Å². The molecule has 1 heterocycles. The van der Waals surface area contributed by atoms with Gasteiger partial charge < -0.3 is 14.9 Å². The van der Waals surface area contributed by atoms with Gasteiger partial charge in [-0.05, 0) is 6.42 Å². The fourth-order valence-electron chi connectivity index (χ4n) is 2.19. The van der Waals surface area contributed by atoms with Crippen molar-refractivity contribution in [1.82, 2.24) is 9.55 Å². The topological polar surface area (TPSA) is 105 Å². The molecule has 3 N–H and O–H groups in total. The molecule has 25 heavy (non-hydrogen) atoms. The maximum Gasteiger partial charge on any atom is 0.330 e. The van der Waals surface area contributed by atoms with E-state index < -0.39 is 17.4 Å². The molecule has 0 saturated carbocycles. The molecular weight excluding hydrogens is 324 g/mol. The number of hydrogen-bond donors (Lipinski definition) is 3. The number of hydrogen-bond acceptors (Lipinski definition) is 5. The minimum absolute atomic E-state index is 0.187. The summed E-state index contributed by atoms with van der Waals surface area (Å²) in [7, 11) is 0. The van der Waals surface area contributed by atoms with Gasteiger partial charge in [0.25, 0.3) is 5.56 Å². The Balaban J connectivity index is 2.60. The van der Waals surface area contributed by atoms with Crippen LogP contribution in [-0.2, 0) is 11.5 Å². The van der Waals surface area contributed by atoms with Crippen molar-refractivity contribution in [3.63, 3.8) is 0 Å². The largest absolute Gasteiger partial charge is 0.394 e. The molecule has 1 aromatic rings. The normalized spacial score (nSPS) is 10.7. The second-order valence-corrected chi connectivity index (χ2v) is 5.87. The van der Waals surface area contributed by atoms with Crippen molar-refractivity contribution in [2.45, 2.75) is 64.7 Å². The summed E-state index contributed by atoms with van der Waals surface area (Å²) in [5.41, 5.74) is -0.961. The molecule has 7 heteroatoms. The molecule has 0 saturated heterocycles. The number of ether oxygens (including phenoxy) is 1. The molecule has 7 nitrogen and oxygen atoms in total. The smallest absolute Gasteiger partial charge is 0.330 e. The van der Waals surface area contributed by atoms with E-state index in [4.69, 9.17) is 14.9 Å². The summed E-state index contributed by atoms with van der Waals surface area (Å²) in [5, 5.41) is 17.9. The van der Waals surface area contributed by atoms with E-state index in [-0.39, 0.29) is 25.5 Å². The first kappa shape index (κ1) is 21.2. The molecule has 0 bridgehead atoms. The van der Waals surface area contributed by atoms with Gasteiger partial charge in [-0.3, -0.25) is 14.3 Å². The number of aromatic amines is 1. The predicted octanol–water partition coefficient (Wildman–Crippen LogP) is 0.966. The SMILES string of the molecule is CCCCCCCCC#Cc1cn(COC(CO)CO)c(=O)[nH]c1=O. The molecule has 1 aromatic heterocycles. The highest BCUT2D eigenvalue weighted by atomic mass is 16.5. The standard InChI is InChI=1S/C18H28N2O5/c1-2-3-4-5-6-7-8-9-10-15-11-20(18(24)19-17(15)23)14-25-16(12-21)13-22/h11,16,21-22H,2-8,12-14H2,1H3,(H,19,23,24). The van der Waals surface area contributed by atoms with E-state index in [1.54, 1.807) is 0 Å². The molecule has 1 rings (SSSR count). The molecule has 0 spiro atoms. The molecule has 0 aliphatic rings. The number of rotatable bonds is 11. The summed E-state index contributed by atoms with van der Waals surface area (Å²) < 4.78 is 6.33. The lowest BCUT2D eigenvalue weighted by atomic mass is 10.1. The van der Waals surface area contributed by atoms with Crippen LogP contribution < -0.4 is 11.2 Å². The van der Waals surface area contributed by atoms with E-state index >= 15 is 0 Å². The minimum Gasteiger partial charge on any atom is -0.394 e. The molecular formula is C18H28N2O5. The van der Waals surface area contributed by atoms with Gasteiger partial charge in [-0.1, -0.05) is 50.9 Å². The molecule has 0 aliphatic carbocycles. The van der Waals surface area contributed by atoms with Crippen LogP contribution in [0.3, 0.4) is 0 Å². The van der Waals surface area contributed by atoms with Crippen LogP contribution in [0.5, 0.6) is 0 Å². The summed E-state index contributed by atoms with van der Waals surface area (Å²) in [6.45, 7) is 1.27. The van der Waals surface area contributed by atoms with Gasteiger partial charge in [0.2, 0.25) is 0 Å². The Morgan fingerprint density at radius 1 is 1.16 bits per heavy atom. The predicted molar refractivity (Wildman–Crippen MR) is 95.2 cm³/mol. The van der Waals surface area contributed by atoms with Crippen LogP contribution in [0.1, 0.15) is 57.4 Å². The highest BCUT2D eigenvalue weighted by Crippen LogP contribution is 2.06.